The maximum atomic E-state index is 13.3. The third-order valence-corrected chi connectivity index (χ3v) is 7.73. The molecular weight excluding hydrogens is 495 g/mol. The second kappa shape index (κ2) is 9.36. The zero-order valence-electron chi connectivity index (χ0n) is 19.9. The van der Waals surface area contributed by atoms with E-state index in [1.54, 1.807) is 25.1 Å². The fourth-order valence-corrected chi connectivity index (χ4v) is 4.51. The van der Waals surface area contributed by atoms with Crippen LogP contribution in [0.5, 0.6) is 0 Å². The summed E-state index contributed by atoms with van der Waals surface area (Å²) in [5.74, 6) is 1.55. The zero-order valence-corrected chi connectivity index (χ0v) is 21.5. The summed E-state index contributed by atoms with van der Waals surface area (Å²) in [6.07, 6.45) is 2.52. The molecule has 1 aliphatic carbocycles. The quantitative estimate of drug-likeness (QED) is 0.434. The standard InChI is InChI=1S/C23H28ClFN6O3S/c1-13-9-15(13)12-27-18-10-17(19(24)20(28-18)31(3)35(4,32)33)21-29-30-22(34-21)23(2,26)11-14-5-7-16(25)8-6-14/h5-8,10,13,15H,9,11-12,26H2,1-4H3,(H,27,28)/t13?,15?,23-/m0/s1. The van der Waals surface area contributed by atoms with E-state index in [1.807, 2.05) is 0 Å². The number of pyridine rings is 1. The third-order valence-electron chi connectivity index (χ3n) is 6.19. The number of nitrogens with one attached hydrogen (secondary N) is 1. The number of anilines is 2. The first-order valence-electron chi connectivity index (χ1n) is 11.1. The van der Waals surface area contributed by atoms with Gasteiger partial charge in [-0.15, -0.1) is 10.2 Å². The molecule has 4 rings (SSSR count). The van der Waals surface area contributed by atoms with Gasteiger partial charge in [-0.1, -0.05) is 30.7 Å². The van der Waals surface area contributed by atoms with Crippen LogP contribution in [-0.2, 0) is 22.0 Å². The summed E-state index contributed by atoms with van der Waals surface area (Å²) in [5.41, 5.74) is 6.56. The first-order chi connectivity index (χ1) is 16.3. The van der Waals surface area contributed by atoms with E-state index in [-0.39, 0.29) is 28.4 Å². The van der Waals surface area contributed by atoms with Gasteiger partial charge in [0.1, 0.15) is 11.6 Å². The number of benzene rings is 1. The first-order valence-corrected chi connectivity index (χ1v) is 13.3. The molecule has 9 nitrogen and oxygen atoms in total. The molecule has 3 aromatic rings. The molecule has 0 aliphatic heterocycles. The van der Waals surface area contributed by atoms with E-state index in [4.69, 9.17) is 21.8 Å². The van der Waals surface area contributed by atoms with Gasteiger partial charge >= 0.3 is 0 Å². The SMILES string of the molecule is CC1CC1CNc1cc(-c2nnc([C@@](C)(N)Cc3ccc(F)cc3)o2)c(Cl)c(N(C)S(C)(=O)=O)n1. The van der Waals surface area contributed by atoms with Gasteiger partial charge in [0.05, 0.1) is 22.4 Å². The normalized spacial score (nSPS) is 19.3. The highest BCUT2D eigenvalue weighted by atomic mass is 35.5. The number of nitrogens with two attached hydrogens (primary N) is 1. The Balaban J connectivity index is 1.68. The lowest BCUT2D eigenvalue weighted by molar-refractivity contribution is 0.355. The van der Waals surface area contributed by atoms with Crippen molar-refractivity contribution >= 4 is 33.3 Å². The minimum Gasteiger partial charge on any atom is -0.419 e. The van der Waals surface area contributed by atoms with Gasteiger partial charge in [-0.2, -0.15) is 0 Å². The number of sulfonamides is 1. The lowest BCUT2D eigenvalue weighted by Crippen LogP contribution is -2.35. The van der Waals surface area contributed by atoms with Crippen LogP contribution < -0.4 is 15.4 Å². The molecule has 1 saturated carbocycles. The second-order valence-electron chi connectivity index (χ2n) is 9.41. The zero-order chi connectivity index (χ0) is 25.5. The Morgan fingerprint density at radius 2 is 1.97 bits per heavy atom. The van der Waals surface area contributed by atoms with Gasteiger partial charge in [0.15, 0.2) is 5.82 Å². The summed E-state index contributed by atoms with van der Waals surface area (Å²) in [4.78, 5) is 4.43. The summed E-state index contributed by atoms with van der Waals surface area (Å²) in [6, 6.07) is 7.66. The lowest BCUT2D eigenvalue weighted by Gasteiger charge is -2.20. The van der Waals surface area contributed by atoms with E-state index < -0.39 is 15.6 Å². The molecule has 3 atom stereocenters. The van der Waals surface area contributed by atoms with Crippen LogP contribution in [0, 0.1) is 17.7 Å². The van der Waals surface area contributed by atoms with Gasteiger partial charge < -0.3 is 15.5 Å². The molecule has 2 heterocycles. The Hall–Kier alpha value is -2.76. The van der Waals surface area contributed by atoms with Crippen molar-refractivity contribution in [2.24, 2.45) is 17.6 Å². The number of aromatic nitrogens is 3. The fourth-order valence-electron chi connectivity index (χ4n) is 3.71. The van der Waals surface area contributed by atoms with E-state index >= 15 is 0 Å². The maximum absolute atomic E-state index is 13.3. The van der Waals surface area contributed by atoms with Crippen LogP contribution in [0.2, 0.25) is 5.02 Å². The van der Waals surface area contributed by atoms with Crippen molar-refractivity contribution < 1.29 is 17.2 Å². The van der Waals surface area contributed by atoms with Crippen molar-refractivity contribution in [1.82, 2.24) is 15.2 Å². The van der Waals surface area contributed by atoms with Gasteiger partial charge in [0, 0.05) is 13.6 Å². The number of hydrogen-bond acceptors (Lipinski definition) is 8. The molecule has 1 aliphatic rings. The Labute approximate surface area is 208 Å². The predicted octanol–water partition coefficient (Wildman–Crippen LogP) is 3.80. The average Bonchev–Trinajstić information content (AvgIpc) is 3.26. The van der Waals surface area contributed by atoms with Crippen molar-refractivity contribution in [2.45, 2.75) is 32.2 Å². The number of hydrogen-bond donors (Lipinski definition) is 2. The summed E-state index contributed by atoms with van der Waals surface area (Å²) in [5, 5.41) is 11.6. The molecule has 0 bridgehead atoms. The van der Waals surface area contributed by atoms with Gasteiger partial charge in [-0.25, -0.2) is 17.8 Å². The van der Waals surface area contributed by atoms with Gasteiger partial charge in [-0.05, 0) is 55.4 Å². The molecule has 0 amide bonds. The summed E-state index contributed by atoms with van der Waals surface area (Å²) < 4.78 is 44.6. The molecule has 0 spiro atoms. The Kier molecular flexibility index (Phi) is 6.78. The highest BCUT2D eigenvalue weighted by molar-refractivity contribution is 7.92. The monoisotopic (exact) mass is 522 g/mol. The van der Waals surface area contributed by atoms with Crippen molar-refractivity contribution in [3.63, 3.8) is 0 Å². The van der Waals surface area contributed by atoms with Crippen LogP contribution in [0.1, 0.15) is 31.7 Å². The first kappa shape index (κ1) is 25.3. The molecule has 2 aromatic heterocycles. The smallest absolute Gasteiger partial charge is 0.249 e. The molecule has 3 N–H and O–H groups in total. The van der Waals surface area contributed by atoms with Crippen LogP contribution in [0.3, 0.4) is 0 Å². The van der Waals surface area contributed by atoms with E-state index in [2.05, 4.69) is 27.4 Å². The van der Waals surface area contributed by atoms with Crippen LogP contribution in [0.25, 0.3) is 11.5 Å². The maximum Gasteiger partial charge on any atom is 0.249 e. The van der Waals surface area contributed by atoms with Crippen molar-refractivity contribution in [2.75, 3.05) is 29.5 Å². The molecule has 12 heteroatoms. The van der Waals surface area contributed by atoms with E-state index in [0.717, 1.165) is 22.5 Å². The summed E-state index contributed by atoms with van der Waals surface area (Å²) in [6.45, 7) is 4.60. The van der Waals surface area contributed by atoms with Crippen LogP contribution in [0.4, 0.5) is 16.0 Å². The molecule has 0 saturated heterocycles. The molecule has 0 radical (unpaired) electrons. The number of halogens is 2. The van der Waals surface area contributed by atoms with Crippen LogP contribution in [-0.4, -0.2) is 43.4 Å². The minimum absolute atomic E-state index is 0.0413. The van der Waals surface area contributed by atoms with E-state index in [9.17, 15) is 12.8 Å². The highest BCUT2D eigenvalue weighted by Crippen LogP contribution is 2.40. The van der Waals surface area contributed by atoms with Crippen LogP contribution >= 0.6 is 11.6 Å². The van der Waals surface area contributed by atoms with E-state index in [0.29, 0.717) is 36.2 Å². The Morgan fingerprint density at radius 3 is 2.57 bits per heavy atom. The second-order valence-corrected chi connectivity index (χ2v) is 11.8. The van der Waals surface area contributed by atoms with E-state index in [1.165, 1.54) is 19.2 Å². The largest absolute Gasteiger partial charge is 0.419 e. The van der Waals surface area contributed by atoms with Crippen LogP contribution in [0.15, 0.2) is 34.7 Å². The van der Waals surface area contributed by atoms with Gasteiger partial charge in [0.25, 0.3) is 0 Å². The number of nitrogens with zero attached hydrogens (tertiary/aromatic N) is 4. The number of rotatable bonds is 9. The molecule has 2 unspecified atom stereocenters. The molecule has 1 fully saturated rings. The van der Waals surface area contributed by atoms with Gasteiger partial charge in [-0.3, -0.25) is 4.31 Å². The summed E-state index contributed by atoms with van der Waals surface area (Å²) >= 11 is 6.59. The Morgan fingerprint density at radius 1 is 1.31 bits per heavy atom. The molecule has 35 heavy (non-hydrogen) atoms. The molecular formula is C23H28ClFN6O3S. The Bertz CT molecular complexity index is 1330. The molecule has 188 valence electrons. The highest BCUT2D eigenvalue weighted by Gasteiger charge is 2.33. The topological polar surface area (TPSA) is 127 Å². The van der Waals surface area contributed by atoms with Crippen molar-refractivity contribution in [1.29, 1.82) is 0 Å². The minimum atomic E-state index is -3.63. The third kappa shape index (κ3) is 5.74. The van der Waals surface area contributed by atoms with Gasteiger partial charge in [0.2, 0.25) is 21.8 Å². The predicted molar refractivity (Wildman–Crippen MR) is 133 cm³/mol. The molecule has 1 aromatic carbocycles. The fraction of sp³-hybridized carbons (Fsp3) is 0.435. The average molecular weight is 523 g/mol. The van der Waals surface area contributed by atoms with Crippen molar-refractivity contribution in [3.8, 4) is 11.5 Å². The van der Waals surface area contributed by atoms with Crippen molar-refractivity contribution in [3.05, 3.63) is 52.6 Å². The lowest BCUT2D eigenvalue weighted by atomic mass is 9.94. The summed E-state index contributed by atoms with van der Waals surface area (Å²) in [7, 11) is -2.26.